The molecule has 0 nitrogen and oxygen atoms in total. The zero-order chi connectivity index (χ0) is 12.1. The molecule has 0 amide bonds. The van der Waals surface area contributed by atoms with E-state index in [1.807, 2.05) is 0 Å². The molecule has 0 bridgehead atoms. The van der Waals surface area contributed by atoms with Crippen molar-refractivity contribution in [1.82, 2.24) is 0 Å². The Hall–Kier alpha value is -1.30. The summed E-state index contributed by atoms with van der Waals surface area (Å²) in [5.41, 5.74) is 2.98. The molecule has 17 heavy (non-hydrogen) atoms. The fourth-order valence-corrected chi connectivity index (χ4v) is 2.58. The van der Waals surface area contributed by atoms with Gasteiger partial charge in [-0.15, -0.1) is 0 Å². The van der Waals surface area contributed by atoms with Gasteiger partial charge in [-0.25, -0.2) is 0 Å². The molecule has 2 unspecified atom stereocenters. The monoisotopic (exact) mass is 226 g/mol. The second-order valence-electron chi connectivity index (χ2n) is 5.13. The van der Waals surface area contributed by atoms with Crippen LogP contribution >= 0.6 is 0 Å². The van der Waals surface area contributed by atoms with E-state index in [1.165, 1.54) is 30.4 Å². The van der Waals surface area contributed by atoms with Crippen LogP contribution in [0.4, 0.5) is 0 Å². The van der Waals surface area contributed by atoms with Gasteiger partial charge in [0, 0.05) is 0 Å². The Morgan fingerprint density at radius 3 is 2.41 bits per heavy atom. The Labute approximate surface area is 105 Å². The predicted octanol–water partition coefficient (Wildman–Crippen LogP) is 5.09. The summed E-state index contributed by atoms with van der Waals surface area (Å²) in [6, 6.07) is 10.8. The highest BCUT2D eigenvalue weighted by atomic mass is 14.2. The van der Waals surface area contributed by atoms with E-state index in [0.717, 1.165) is 0 Å². The fraction of sp³-hybridized carbons (Fsp3) is 0.412. The Morgan fingerprint density at radius 1 is 1.00 bits per heavy atom. The van der Waals surface area contributed by atoms with Crippen LogP contribution in [-0.2, 0) is 0 Å². The van der Waals surface area contributed by atoms with Gasteiger partial charge in [0.15, 0.2) is 0 Å². The molecular formula is C17H22. The zero-order valence-electron chi connectivity index (χ0n) is 10.9. The third kappa shape index (κ3) is 3.33. The standard InChI is InChI=1S/C17H22/c1-14(16-9-5-3-6-10-16)13-15(2)17-11-7-4-8-12-17/h3,5-7,9-12,14-15H,4,8,13H2,1-2H3. The molecule has 0 radical (unpaired) electrons. The van der Waals surface area contributed by atoms with Crippen molar-refractivity contribution in [3.05, 3.63) is 59.7 Å². The summed E-state index contributed by atoms with van der Waals surface area (Å²) in [6.45, 7) is 4.68. The number of hydrogen-bond acceptors (Lipinski definition) is 0. The maximum absolute atomic E-state index is 2.41. The largest absolute Gasteiger partial charge is 0.0840 e. The van der Waals surface area contributed by atoms with E-state index in [2.05, 4.69) is 62.4 Å². The molecule has 0 spiro atoms. The quantitative estimate of drug-likeness (QED) is 0.670. The van der Waals surface area contributed by atoms with E-state index in [1.54, 1.807) is 0 Å². The average molecular weight is 226 g/mol. The second kappa shape index (κ2) is 5.86. The van der Waals surface area contributed by atoms with Crippen LogP contribution in [0.25, 0.3) is 0 Å². The molecule has 2 rings (SSSR count). The summed E-state index contributed by atoms with van der Waals surface area (Å²) in [5.74, 6) is 1.31. The van der Waals surface area contributed by atoms with Crippen molar-refractivity contribution in [3.8, 4) is 0 Å². The molecule has 0 saturated carbocycles. The summed E-state index contributed by atoms with van der Waals surface area (Å²) < 4.78 is 0. The summed E-state index contributed by atoms with van der Waals surface area (Å²) in [7, 11) is 0. The van der Waals surface area contributed by atoms with Gasteiger partial charge in [-0.1, -0.05) is 62.4 Å². The van der Waals surface area contributed by atoms with Gasteiger partial charge >= 0.3 is 0 Å². The van der Waals surface area contributed by atoms with Gasteiger partial charge in [0.2, 0.25) is 0 Å². The SMILES string of the molecule is CC(CC(C)c1ccccc1)C1=CCCC=C1. The molecule has 1 aliphatic rings. The molecule has 0 aromatic heterocycles. The van der Waals surface area contributed by atoms with E-state index >= 15 is 0 Å². The van der Waals surface area contributed by atoms with Crippen molar-refractivity contribution in [2.24, 2.45) is 5.92 Å². The van der Waals surface area contributed by atoms with Crippen LogP contribution in [-0.4, -0.2) is 0 Å². The first-order valence-corrected chi connectivity index (χ1v) is 6.69. The van der Waals surface area contributed by atoms with Gasteiger partial charge in [0.25, 0.3) is 0 Å². The topological polar surface area (TPSA) is 0 Å². The molecule has 0 saturated heterocycles. The molecule has 1 aromatic rings. The summed E-state index contributed by atoms with van der Waals surface area (Å²) in [5, 5.41) is 0. The average Bonchev–Trinajstić information content (AvgIpc) is 2.40. The first-order chi connectivity index (χ1) is 8.27. The lowest BCUT2D eigenvalue weighted by Gasteiger charge is -2.20. The van der Waals surface area contributed by atoms with Gasteiger partial charge in [0.1, 0.15) is 0 Å². The lowest BCUT2D eigenvalue weighted by Crippen LogP contribution is -2.05. The minimum atomic E-state index is 0.641. The first kappa shape index (κ1) is 12.2. The summed E-state index contributed by atoms with van der Waals surface area (Å²) in [6.07, 6.45) is 10.7. The van der Waals surface area contributed by atoms with Crippen LogP contribution in [0.2, 0.25) is 0 Å². The highest BCUT2D eigenvalue weighted by Crippen LogP contribution is 2.29. The maximum atomic E-state index is 2.41. The predicted molar refractivity (Wildman–Crippen MR) is 75.1 cm³/mol. The van der Waals surface area contributed by atoms with Crippen molar-refractivity contribution in [2.75, 3.05) is 0 Å². The van der Waals surface area contributed by atoms with Crippen LogP contribution < -0.4 is 0 Å². The van der Waals surface area contributed by atoms with Crippen LogP contribution in [0.3, 0.4) is 0 Å². The Morgan fingerprint density at radius 2 is 1.76 bits per heavy atom. The molecule has 1 aliphatic carbocycles. The number of rotatable bonds is 4. The van der Waals surface area contributed by atoms with E-state index < -0.39 is 0 Å². The number of benzene rings is 1. The van der Waals surface area contributed by atoms with E-state index in [9.17, 15) is 0 Å². The Kier molecular flexibility index (Phi) is 4.19. The second-order valence-corrected chi connectivity index (χ2v) is 5.13. The molecule has 2 atom stereocenters. The van der Waals surface area contributed by atoms with Crippen molar-refractivity contribution in [2.45, 2.75) is 39.0 Å². The maximum Gasteiger partial charge on any atom is -0.0185 e. The fourth-order valence-electron chi connectivity index (χ4n) is 2.58. The van der Waals surface area contributed by atoms with Crippen LogP contribution in [0.15, 0.2) is 54.1 Å². The molecule has 1 aromatic carbocycles. The number of allylic oxidation sites excluding steroid dienone is 4. The minimum absolute atomic E-state index is 0.641. The van der Waals surface area contributed by atoms with E-state index in [0.29, 0.717) is 11.8 Å². The van der Waals surface area contributed by atoms with Crippen LogP contribution in [0.5, 0.6) is 0 Å². The Bertz CT molecular complexity index is 397. The third-order valence-electron chi connectivity index (χ3n) is 3.67. The molecular weight excluding hydrogens is 204 g/mol. The third-order valence-corrected chi connectivity index (χ3v) is 3.67. The van der Waals surface area contributed by atoms with E-state index in [-0.39, 0.29) is 0 Å². The smallest absolute Gasteiger partial charge is 0.0185 e. The summed E-state index contributed by atoms with van der Waals surface area (Å²) in [4.78, 5) is 0. The zero-order valence-corrected chi connectivity index (χ0v) is 10.9. The van der Waals surface area contributed by atoms with Gasteiger partial charge in [0.05, 0.1) is 0 Å². The molecule has 0 fully saturated rings. The van der Waals surface area contributed by atoms with Crippen molar-refractivity contribution in [1.29, 1.82) is 0 Å². The van der Waals surface area contributed by atoms with Gasteiger partial charge in [-0.2, -0.15) is 0 Å². The van der Waals surface area contributed by atoms with Gasteiger partial charge < -0.3 is 0 Å². The van der Waals surface area contributed by atoms with Gasteiger partial charge in [-0.3, -0.25) is 0 Å². The lowest BCUT2D eigenvalue weighted by atomic mass is 9.85. The van der Waals surface area contributed by atoms with Crippen molar-refractivity contribution in [3.63, 3.8) is 0 Å². The highest BCUT2D eigenvalue weighted by molar-refractivity contribution is 5.26. The molecule has 0 N–H and O–H groups in total. The van der Waals surface area contributed by atoms with Gasteiger partial charge in [-0.05, 0) is 42.2 Å². The highest BCUT2D eigenvalue weighted by Gasteiger charge is 2.13. The van der Waals surface area contributed by atoms with Crippen molar-refractivity contribution >= 4 is 0 Å². The lowest BCUT2D eigenvalue weighted by molar-refractivity contribution is 0.549. The van der Waals surface area contributed by atoms with E-state index in [4.69, 9.17) is 0 Å². The van der Waals surface area contributed by atoms with Crippen molar-refractivity contribution < 1.29 is 0 Å². The number of hydrogen-bond donors (Lipinski definition) is 0. The summed E-state index contributed by atoms with van der Waals surface area (Å²) >= 11 is 0. The molecule has 0 heteroatoms. The minimum Gasteiger partial charge on any atom is -0.0840 e. The Balaban J connectivity index is 1.97. The first-order valence-electron chi connectivity index (χ1n) is 6.69. The molecule has 0 heterocycles. The molecule has 90 valence electrons. The van der Waals surface area contributed by atoms with Crippen LogP contribution in [0, 0.1) is 5.92 Å². The normalized spacial score (nSPS) is 18.6. The molecule has 0 aliphatic heterocycles. The van der Waals surface area contributed by atoms with Crippen LogP contribution in [0.1, 0.15) is 44.6 Å².